The maximum absolute atomic E-state index is 11.4. The summed E-state index contributed by atoms with van der Waals surface area (Å²) in [4.78, 5) is 39.8. The van der Waals surface area contributed by atoms with E-state index in [1.807, 2.05) is 18.2 Å². The first kappa shape index (κ1) is 43.9. The van der Waals surface area contributed by atoms with Crippen molar-refractivity contribution in [2.45, 2.75) is 84.7 Å². The van der Waals surface area contributed by atoms with Crippen molar-refractivity contribution in [3.8, 4) is 17.6 Å². The first-order chi connectivity index (χ1) is 25.9. The summed E-state index contributed by atoms with van der Waals surface area (Å²) in [5.41, 5.74) is 13.8. The number of hydrogen-bond donors (Lipinski definition) is 2. The van der Waals surface area contributed by atoms with Crippen molar-refractivity contribution in [3.05, 3.63) is 99.2 Å². The van der Waals surface area contributed by atoms with Gasteiger partial charge in [-0.3, -0.25) is 14.4 Å². The summed E-state index contributed by atoms with van der Waals surface area (Å²) >= 11 is 0. The number of carbonyl (C=O) groups is 3. The molecule has 1 aliphatic heterocycles. The van der Waals surface area contributed by atoms with Crippen molar-refractivity contribution in [1.29, 1.82) is 5.26 Å². The van der Waals surface area contributed by atoms with Crippen LogP contribution in [0.25, 0.3) is 15.8 Å². The van der Waals surface area contributed by atoms with Gasteiger partial charge < -0.3 is 35.2 Å². The highest BCUT2D eigenvalue weighted by atomic mass is 16.5. The van der Waals surface area contributed by atoms with Crippen LogP contribution in [0.4, 0.5) is 11.4 Å². The number of nitrogens with two attached hydrogens (primary N) is 2. The molecule has 0 unspecified atom stereocenters. The number of esters is 2. The van der Waals surface area contributed by atoms with Crippen LogP contribution in [0.1, 0.15) is 95.0 Å². The fourth-order valence-electron chi connectivity index (χ4n) is 5.08. The lowest BCUT2D eigenvalue weighted by atomic mass is 9.96. The molecule has 1 aliphatic rings. The highest BCUT2D eigenvalue weighted by Crippen LogP contribution is 2.41. The summed E-state index contributed by atoms with van der Waals surface area (Å²) in [7, 11) is 0. The number of hydrogen-bond acceptors (Lipinski definition) is 11. The Hall–Kier alpha value is -6.26. The third-order valence-corrected chi connectivity index (χ3v) is 7.85. The van der Waals surface area contributed by atoms with E-state index in [4.69, 9.17) is 48.3 Å². The van der Waals surface area contributed by atoms with Gasteiger partial charge in [0.2, 0.25) is 5.70 Å². The Balaban J connectivity index is 0.000000429. The molecule has 0 fully saturated rings. The van der Waals surface area contributed by atoms with Crippen LogP contribution >= 0.6 is 0 Å². The maximum atomic E-state index is 11.4. The van der Waals surface area contributed by atoms with Crippen molar-refractivity contribution >= 4 is 35.7 Å². The number of benzene rings is 2. The van der Waals surface area contributed by atoms with Gasteiger partial charge in [0.15, 0.2) is 0 Å². The Morgan fingerprint density at radius 2 is 1.35 bits per heavy atom. The summed E-state index contributed by atoms with van der Waals surface area (Å²) < 4.78 is 26.9. The van der Waals surface area contributed by atoms with E-state index >= 15 is 0 Å². The topological polar surface area (TPSA) is 182 Å². The minimum absolute atomic E-state index is 0.0152. The minimum atomic E-state index is -0.866. The zero-order valence-corrected chi connectivity index (χ0v) is 31.4. The molecule has 0 spiro atoms. The summed E-state index contributed by atoms with van der Waals surface area (Å²) in [6, 6.07) is 12.1. The molecule has 2 aromatic carbocycles. The van der Waals surface area contributed by atoms with E-state index in [-0.39, 0.29) is 29.1 Å². The average molecular weight is 740 g/mol. The molecule has 286 valence electrons. The van der Waals surface area contributed by atoms with E-state index in [1.165, 1.54) is 0 Å². The molecule has 3 rings (SSSR count). The van der Waals surface area contributed by atoms with Crippen LogP contribution in [0.3, 0.4) is 0 Å². The molecular weight excluding hydrogens is 690 g/mol. The second-order valence-corrected chi connectivity index (χ2v) is 12.4. The lowest BCUT2D eigenvalue weighted by Gasteiger charge is -2.22. The number of nitrogens with zero attached hydrogens (tertiary/aromatic N) is 3. The third kappa shape index (κ3) is 14.4. The van der Waals surface area contributed by atoms with Gasteiger partial charge in [0.05, 0.1) is 57.0 Å². The molecule has 0 saturated carbocycles. The Morgan fingerprint density at radius 3 is 1.81 bits per heavy atom. The van der Waals surface area contributed by atoms with Crippen molar-refractivity contribution < 1.29 is 38.1 Å². The maximum Gasteiger partial charge on any atom is 0.305 e. The van der Waals surface area contributed by atoms with Crippen molar-refractivity contribution in [3.63, 3.8) is 0 Å². The predicted octanol–water partition coefficient (Wildman–Crippen LogP) is 8.00. The van der Waals surface area contributed by atoms with Crippen molar-refractivity contribution in [2.75, 3.05) is 37.9 Å². The van der Waals surface area contributed by atoms with E-state index in [0.717, 1.165) is 50.4 Å². The molecule has 0 radical (unpaired) electrons. The smallest absolute Gasteiger partial charge is 0.305 e. The molecule has 0 atom stereocenters. The summed E-state index contributed by atoms with van der Waals surface area (Å²) in [5, 5.41) is 9.19. The van der Waals surface area contributed by atoms with Gasteiger partial charge in [-0.05, 0) is 102 Å². The molecule has 0 amide bonds. The number of unbranched alkanes of at least 4 members (excludes halogenated alkanes) is 4. The summed E-state index contributed by atoms with van der Waals surface area (Å²) in [6.07, 6.45) is 10.0. The quantitative estimate of drug-likeness (QED) is 0.0356. The van der Waals surface area contributed by atoms with E-state index in [2.05, 4.69) is 9.69 Å². The molecule has 13 heteroatoms. The highest BCUT2D eigenvalue weighted by molar-refractivity contribution is 5.77. The Morgan fingerprint density at radius 1 is 0.833 bits per heavy atom. The molecular formula is C41H49N5O8. The SMILES string of the molecule is CCOC(=O)CCCCCOc1cc(C=O)ccc1N.[C-]#[N+]C1=C(/C=C/c2ccc(N)c(OCCCCCC(=O)OCC)c2)C(C)(C)O/C1=C(\C#N)[N+]#[C-]. The van der Waals surface area contributed by atoms with Gasteiger partial charge in [-0.25, -0.2) is 15.0 Å². The van der Waals surface area contributed by atoms with E-state index in [1.54, 1.807) is 64.1 Å². The average Bonchev–Trinajstić information content (AvgIpc) is 3.41. The normalized spacial score (nSPS) is 13.6. The van der Waals surface area contributed by atoms with Gasteiger partial charge in [-0.2, -0.15) is 0 Å². The first-order valence-corrected chi connectivity index (χ1v) is 17.8. The minimum Gasteiger partial charge on any atom is -0.505 e. The molecule has 54 heavy (non-hydrogen) atoms. The second kappa shape index (κ2) is 23.3. The number of nitrogen functional groups attached to an aromatic ring is 2. The van der Waals surface area contributed by atoms with Gasteiger partial charge in [0, 0.05) is 24.0 Å². The zero-order valence-electron chi connectivity index (χ0n) is 31.4. The fraction of sp³-hybridized carbons (Fsp3) is 0.415. The van der Waals surface area contributed by atoms with E-state index in [0.29, 0.717) is 73.3 Å². The molecule has 0 saturated heterocycles. The largest absolute Gasteiger partial charge is 0.505 e. The molecule has 1 heterocycles. The highest BCUT2D eigenvalue weighted by Gasteiger charge is 2.38. The van der Waals surface area contributed by atoms with Crippen molar-refractivity contribution in [2.24, 2.45) is 0 Å². The number of rotatable bonds is 19. The van der Waals surface area contributed by atoms with Crippen LogP contribution in [0.5, 0.6) is 11.5 Å². The fourth-order valence-corrected chi connectivity index (χ4v) is 5.08. The Labute approximate surface area is 317 Å². The lowest BCUT2D eigenvalue weighted by molar-refractivity contribution is -0.144. The Bertz CT molecular complexity index is 1810. The standard InChI is InChI=1S/C26H28N4O4.C15H21NO4/c1-6-32-23(31)10-8-7-9-15-33-22-16-18(12-14-20(22)28)11-13-19-24(30-5)25(21(17-27)29-4)34-26(19,2)3;1-2-19-15(18)6-4-3-5-9-20-14-10-12(11-17)7-8-13(14)16/h11-14,16H,6-10,15,28H2,1-3H3;7-8,10-11H,2-6,9,16H2,1H3/b13-11+,25-21+;. The number of aldehydes is 1. The first-order valence-electron chi connectivity index (χ1n) is 17.8. The second-order valence-electron chi connectivity index (χ2n) is 12.4. The van der Waals surface area contributed by atoms with Gasteiger partial charge in [-0.15, -0.1) is 0 Å². The zero-order chi connectivity index (χ0) is 39.9. The molecule has 13 nitrogen and oxygen atoms in total. The van der Waals surface area contributed by atoms with Gasteiger partial charge in [0.1, 0.15) is 29.1 Å². The van der Waals surface area contributed by atoms with E-state index in [9.17, 15) is 19.6 Å². The number of anilines is 2. The summed E-state index contributed by atoms with van der Waals surface area (Å²) in [6.45, 7) is 23.7. The number of carbonyl (C=O) groups excluding carboxylic acids is 3. The number of nitriles is 1. The number of allylic oxidation sites excluding steroid dienone is 1. The summed E-state index contributed by atoms with van der Waals surface area (Å²) in [5.74, 6) is 0.756. The van der Waals surface area contributed by atoms with E-state index < -0.39 is 5.60 Å². The lowest BCUT2D eigenvalue weighted by Crippen LogP contribution is -2.20. The molecule has 4 N–H and O–H groups in total. The molecule has 0 aliphatic carbocycles. The van der Waals surface area contributed by atoms with Gasteiger partial charge in [-0.1, -0.05) is 18.2 Å². The van der Waals surface area contributed by atoms with Crippen LogP contribution in [0.2, 0.25) is 0 Å². The van der Waals surface area contributed by atoms with Gasteiger partial charge >= 0.3 is 11.9 Å². The van der Waals surface area contributed by atoms with Crippen LogP contribution in [-0.4, -0.2) is 50.3 Å². The number of ether oxygens (including phenoxy) is 5. The molecule has 2 aromatic rings. The molecule has 0 bridgehead atoms. The Kier molecular flexibility index (Phi) is 19.0. The predicted molar refractivity (Wildman–Crippen MR) is 205 cm³/mol. The van der Waals surface area contributed by atoms with Crippen LogP contribution in [0.15, 0.2) is 65.2 Å². The van der Waals surface area contributed by atoms with Crippen molar-refractivity contribution in [1.82, 2.24) is 0 Å². The third-order valence-electron chi connectivity index (χ3n) is 7.85. The van der Waals surface area contributed by atoms with Gasteiger partial charge in [0.25, 0.3) is 5.70 Å². The van der Waals surface area contributed by atoms with Crippen LogP contribution in [0, 0.1) is 24.5 Å². The van der Waals surface area contributed by atoms with Crippen LogP contribution in [-0.2, 0) is 23.8 Å². The molecule has 0 aromatic heterocycles. The van der Waals surface area contributed by atoms with Crippen LogP contribution < -0.4 is 20.9 Å². The monoisotopic (exact) mass is 739 g/mol.